The number of anilines is 3. The molecule has 0 spiro atoms. The van der Waals surface area contributed by atoms with Crippen molar-refractivity contribution in [3.8, 4) is 0 Å². The molecule has 1 saturated carbocycles. The first-order valence-electron chi connectivity index (χ1n) is 6.51. The molecule has 0 bridgehead atoms. The zero-order chi connectivity index (χ0) is 12.5. The smallest absolute Gasteiger partial charge is 0.223 e. The van der Waals surface area contributed by atoms with Gasteiger partial charge >= 0.3 is 0 Å². The second-order valence-electron chi connectivity index (χ2n) is 5.17. The van der Waals surface area contributed by atoms with Crippen molar-refractivity contribution < 1.29 is 5.11 Å². The number of hydrogen-bond donors (Lipinski definition) is 3. The summed E-state index contributed by atoms with van der Waals surface area (Å²) in [5.74, 6) is 2.33. The Balaban J connectivity index is 1.76. The Morgan fingerprint density at radius 1 is 1.39 bits per heavy atom. The molecule has 98 valence electrons. The van der Waals surface area contributed by atoms with E-state index in [0.717, 1.165) is 31.1 Å². The molecular formula is C12H19N5O. The van der Waals surface area contributed by atoms with Crippen LogP contribution in [0.15, 0.2) is 6.07 Å². The van der Waals surface area contributed by atoms with E-state index < -0.39 is 0 Å². The van der Waals surface area contributed by atoms with Gasteiger partial charge in [-0.1, -0.05) is 0 Å². The number of nitrogens with two attached hydrogens (primary N) is 1. The topological polar surface area (TPSA) is 87.3 Å². The van der Waals surface area contributed by atoms with Crippen LogP contribution >= 0.6 is 0 Å². The number of rotatable bonds is 4. The van der Waals surface area contributed by atoms with E-state index >= 15 is 0 Å². The Morgan fingerprint density at radius 3 is 2.89 bits per heavy atom. The molecule has 4 N–H and O–H groups in total. The molecule has 1 atom stereocenters. The molecule has 1 aliphatic carbocycles. The molecule has 1 saturated heterocycles. The third kappa shape index (κ3) is 2.48. The minimum atomic E-state index is 0.240. The van der Waals surface area contributed by atoms with Gasteiger partial charge in [-0.25, -0.2) is 0 Å². The Kier molecular flexibility index (Phi) is 2.95. The normalized spacial score (nSPS) is 23.4. The van der Waals surface area contributed by atoms with Crippen LogP contribution in [0, 0.1) is 5.92 Å². The van der Waals surface area contributed by atoms with Crippen LogP contribution in [0.25, 0.3) is 0 Å². The number of nitrogens with zero attached hydrogens (tertiary/aromatic N) is 3. The number of nitrogens with one attached hydrogen (secondary N) is 1. The zero-order valence-electron chi connectivity index (χ0n) is 10.3. The van der Waals surface area contributed by atoms with Crippen molar-refractivity contribution in [2.24, 2.45) is 5.92 Å². The summed E-state index contributed by atoms with van der Waals surface area (Å²) in [7, 11) is 0. The molecule has 2 fully saturated rings. The molecule has 6 nitrogen and oxygen atoms in total. The van der Waals surface area contributed by atoms with Crippen molar-refractivity contribution in [2.75, 3.05) is 35.6 Å². The number of hydrogen-bond acceptors (Lipinski definition) is 6. The predicted molar refractivity (Wildman–Crippen MR) is 70.5 cm³/mol. The number of aromatic nitrogens is 2. The van der Waals surface area contributed by atoms with Crippen LogP contribution in [-0.2, 0) is 0 Å². The van der Waals surface area contributed by atoms with Crippen molar-refractivity contribution in [1.29, 1.82) is 0 Å². The zero-order valence-corrected chi connectivity index (χ0v) is 10.3. The summed E-state index contributed by atoms with van der Waals surface area (Å²) >= 11 is 0. The van der Waals surface area contributed by atoms with Crippen LogP contribution in [0.3, 0.4) is 0 Å². The number of nitrogen functional groups attached to an aromatic ring is 1. The van der Waals surface area contributed by atoms with E-state index in [2.05, 4.69) is 20.2 Å². The van der Waals surface area contributed by atoms with Crippen LogP contribution in [0.4, 0.5) is 17.6 Å². The largest absolute Gasteiger partial charge is 0.396 e. The monoisotopic (exact) mass is 249 g/mol. The SMILES string of the molecule is Nc1nc(NC2CC2)cc(N2CC[C@@H](CO)C2)n1. The van der Waals surface area contributed by atoms with Crippen LogP contribution in [0.5, 0.6) is 0 Å². The third-order valence-electron chi connectivity index (χ3n) is 3.53. The predicted octanol–water partition coefficient (Wildman–Crippen LogP) is 0.452. The molecule has 1 aliphatic heterocycles. The van der Waals surface area contributed by atoms with Gasteiger partial charge in [0.1, 0.15) is 11.6 Å². The van der Waals surface area contributed by atoms with E-state index in [0.29, 0.717) is 17.9 Å². The summed E-state index contributed by atoms with van der Waals surface area (Å²) in [6.45, 7) is 2.00. The van der Waals surface area contributed by atoms with Gasteiger partial charge in [0.15, 0.2) is 0 Å². The van der Waals surface area contributed by atoms with Gasteiger partial charge in [-0.2, -0.15) is 9.97 Å². The van der Waals surface area contributed by atoms with Gasteiger partial charge in [-0.05, 0) is 19.3 Å². The lowest BCUT2D eigenvalue weighted by atomic mass is 10.1. The molecule has 0 amide bonds. The van der Waals surface area contributed by atoms with Gasteiger partial charge < -0.3 is 21.1 Å². The molecule has 0 aromatic carbocycles. The Hall–Kier alpha value is -1.56. The first-order valence-corrected chi connectivity index (χ1v) is 6.51. The van der Waals surface area contributed by atoms with Crippen molar-refractivity contribution in [3.63, 3.8) is 0 Å². The summed E-state index contributed by atoms with van der Waals surface area (Å²) in [5.41, 5.74) is 5.75. The fraction of sp³-hybridized carbons (Fsp3) is 0.667. The minimum absolute atomic E-state index is 0.240. The van der Waals surface area contributed by atoms with Crippen LogP contribution in [0.1, 0.15) is 19.3 Å². The lowest BCUT2D eigenvalue weighted by Crippen LogP contribution is -2.22. The Labute approximate surface area is 106 Å². The van der Waals surface area contributed by atoms with Crippen LogP contribution in [0.2, 0.25) is 0 Å². The van der Waals surface area contributed by atoms with Gasteiger partial charge in [-0.3, -0.25) is 0 Å². The van der Waals surface area contributed by atoms with Gasteiger partial charge in [0.25, 0.3) is 0 Å². The van der Waals surface area contributed by atoms with Gasteiger partial charge in [0.05, 0.1) is 0 Å². The second-order valence-corrected chi connectivity index (χ2v) is 5.17. The van der Waals surface area contributed by atoms with E-state index in [1.165, 1.54) is 12.8 Å². The Bertz CT molecular complexity index is 434. The van der Waals surface area contributed by atoms with Gasteiger partial charge in [0, 0.05) is 37.7 Å². The van der Waals surface area contributed by atoms with E-state index in [9.17, 15) is 5.11 Å². The average Bonchev–Trinajstić information content (AvgIpc) is 3.03. The molecule has 1 aromatic rings. The summed E-state index contributed by atoms with van der Waals surface area (Å²) in [5, 5.41) is 12.5. The highest BCUT2D eigenvalue weighted by Crippen LogP contribution is 2.27. The molecule has 6 heteroatoms. The summed E-state index contributed by atoms with van der Waals surface area (Å²) in [6.07, 6.45) is 3.41. The van der Waals surface area contributed by atoms with Crippen molar-refractivity contribution in [1.82, 2.24) is 9.97 Å². The van der Waals surface area contributed by atoms with E-state index in [1.807, 2.05) is 6.07 Å². The van der Waals surface area contributed by atoms with Crippen molar-refractivity contribution >= 4 is 17.6 Å². The molecular weight excluding hydrogens is 230 g/mol. The summed E-state index contributed by atoms with van der Waals surface area (Å²) in [6, 6.07) is 2.50. The quantitative estimate of drug-likeness (QED) is 0.718. The molecule has 0 unspecified atom stereocenters. The molecule has 3 rings (SSSR count). The molecule has 0 radical (unpaired) electrons. The van der Waals surface area contributed by atoms with Gasteiger partial charge in [0.2, 0.25) is 5.95 Å². The molecule has 2 heterocycles. The minimum Gasteiger partial charge on any atom is -0.396 e. The maximum atomic E-state index is 9.17. The first-order chi connectivity index (χ1) is 8.74. The lowest BCUT2D eigenvalue weighted by Gasteiger charge is -2.18. The molecule has 1 aromatic heterocycles. The standard InChI is InChI=1S/C12H19N5O/c13-12-15-10(14-9-1-2-9)5-11(16-12)17-4-3-8(6-17)7-18/h5,8-9,18H,1-4,6-7H2,(H3,13,14,15,16)/t8-/m1/s1. The first kappa shape index (κ1) is 11.5. The van der Waals surface area contributed by atoms with E-state index in [-0.39, 0.29) is 6.61 Å². The van der Waals surface area contributed by atoms with Crippen LogP contribution in [-0.4, -0.2) is 40.8 Å². The van der Waals surface area contributed by atoms with Gasteiger partial charge in [-0.15, -0.1) is 0 Å². The average molecular weight is 249 g/mol. The lowest BCUT2D eigenvalue weighted by molar-refractivity contribution is 0.238. The van der Waals surface area contributed by atoms with Crippen molar-refractivity contribution in [2.45, 2.75) is 25.3 Å². The highest BCUT2D eigenvalue weighted by molar-refractivity contribution is 5.53. The number of aliphatic hydroxyl groups is 1. The van der Waals surface area contributed by atoms with E-state index in [4.69, 9.17) is 5.73 Å². The Morgan fingerprint density at radius 2 is 2.22 bits per heavy atom. The fourth-order valence-corrected chi connectivity index (χ4v) is 2.32. The maximum absolute atomic E-state index is 9.17. The van der Waals surface area contributed by atoms with Crippen molar-refractivity contribution in [3.05, 3.63) is 6.07 Å². The van der Waals surface area contributed by atoms with Crippen LogP contribution < -0.4 is 16.0 Å². The maximum Gasteiger partial charge on any atom is 0.223 e. The summed E-state index contributed by atoms with van der Waals surface area (Å²) in [4.78, 5) is 10.7. The third-order valence-corrected chi connectivity index (χ3v) is 3.53. The summed E-state index contributed by atoms with van der Waals surface area (Å²) < 4.78 is 0. The highest BCUT2D eigenvalue weighted by Gasteiger charge is 2.25. The molecule has 2 aliphatic rings. The number of aliphatic hydroxyl groups excluding tert-OH is 1. The second kappa shape index (κ2) is 4.61. The fourth-order valence-electron chi connectivity index (χ4n) is 2.32. The highest BCUT2D eigenvalue weighted by atomic mass is 16.3. The molecule has 18 heavy (non-hydrogen) atoms. The van der Waals surface area contributed by atoms with E-state index in [1.54, 1.807) is 0 Å².